The Morgan fingerprint density at radius 3 is 1.03 bits per heavy atom. The Balaban J connectivity index is 0.000000124. The van der Waals surface area contributed by atoms with Crippen LogP contribution in [-0.4, -0.2) is 12.2 Å². The van der Waals surface area contributed by atoms with Gasteiger partial charge in [0.1, 0.15) is 36.5 Å². The summed E-state index contributed by atoms with van der Waals surface area (Å²) in [6.07, 6.45) is 3.18. The number of furan rings is 1. The van der Waals surface area contributed by atoms with Gasteiger partial charge in [-0.25, -0.2) is 61.5 Å². The third kappa shape index (κ3) is 16.2. The van der Waals surface area contributed by atoms with Gasteiger partial charge in [-0.15, -0.1) is 0 Å². The number of hydrogen-bond donors (Lipinski definition) is 0. The van der Waals surface area contributed by atoms with Crippen LogP contribution in [0.15, 0.2) is 138 Å². The summed E-state index contributed by atoms with van der Waals surface area (Å²) in [5, 5.41) is 2.57. The molecule has 596 valence electrons. The first-order valence-corrected chi connectivity index (χ1v) is 36.9. The fourth-order valence-corrected chi connectivity index (χ4v) is 14.1. The zero-order chi connectivity index (χ0) is 83.4. The summed E-state index contributed by atoms with van der Waals surface area (Å²) in [5.74, 6) is -10.0. The molecular formula is C94H78F16O5. The highest BCUT2D eigenvalue weighted by Gasteiger charge is 2.30. The Morgan fingerprint density at radius 2 is 0.626 bits per heavy atom. The summed E-state index contributed by atoms with van der Waals surface area (Å²) in [5.41, 5.74) is 10.8. The van der Waals surface area contributed by atoms with E-state index in [2.05, 4.69) is 0 Å². The van der Waals surface area contributed by atoms with E-state index in [1.54, 1.807) is 152 Å². The third-order valence-corrected chi connectivity index (χ3v) is 20.9. The predicted molar refractivity (Wildman–Crippen MR) is 417 cm³/mol. The minimum absolute atomic E-state index is 0.0286. The molecule has 21 heteroatoms. The van der Waals surface area contributed by atoms with E-state index in [0.29, 0.717) is 99.1 Å². The molecule has 4 aliphatic heterocycles. The van der Waals surface area contributed by atoms with Crippen LogP contribution in [-0.2, 0) is 26.1 Å². The number of ether oxygens (including phenoxy) is 4. The van der Waals surface area contributed by atoms with Crippen LogP contribution < -0.4 is 18.9 Å². The molecule has 14 aromatic rings. The number of aryl methyl sites for hydroxylation is 13. The molecule has 5 heterocycles. The van der Waals surface area contributed by atoms with Crippen molar-refractivity contribution >= 4 is 54.3 Å². The van der Waals surface area contributed by atoms with Crippen LogP contribution >= 0.6 is 0 Å². The number of rotatable bonds is 0. The van der Waals surface area contributed by atoms with Gasteiger partial charge < -0.3 is 23.4 Å². The molecule has 18 rings (SSSR count). The molecule has 0 fully saturated rings. The number of halogens is 16. The molecule has 13 aromatic carbocycles. The van der Waals surface area contributed by atoms with Crippen molar-refractivity contribution in [3.63, 3.8) is 0 Å². The van der Waals surface area contributed by atoms with Gasteiger partial charge in [0.15, 0.2) is 92.3 Å². The first-order chi connectivity index (χ1) is 54.5. The third-order valence-electron chi connectivity index (χ3n) is 20.9. The lowest BCUT2D eigenvalue weighted by atomic mass is 9.94. The van der Waals surface area contributed by atoms with Gasteiger partial charge in [-0.3, -0.25) is 0 Å². The highest BCUT2D eigenvalue weighted by molar-refractivity contribution is 6.09. The molecule has 0 N–H and O–H groups in total. The van der Waals surface area contributed by atoms with Gasteiger partial charge in [-0.05, 0) is 247 Å². The average molecular weight is 1590 g/mol. The lowest BCUT2D eigenvalue weighted by molar-refractivity contribution is 0.180. The fraction of sp³-hybridized carbons (Fsp3) is 0.234. The van der Waals surface area contributed by atoms with Crippen molar-refractivity contribution in [1.29, 1.82) is 0 Å². The van der Waals surface area contributed by atoms with Crippen molar-refractivity contribution in [2.24, 2.45) is 0 Å². The first-order valence-electron chi connectivity index (χ1n) is 36.9. The Morgan fingerprint density at radius 1 is 0.278 bits per heavy atom. The van der Waals surface area contributed by atoms with E-state index in [0.717, 1.165) is 53.5 Å². The van der Waals surface area contributed by atoms with Gasteiger partial charge >= 0.3 is 0 Å². The van der Waals surface area contributed by atoms with Crippen LogP contribution in [0.5, 0.6) is 23.0 Å². The second-order valence-electron chi connectivity index (χ2n) is 29.4. The maximum absolute atomic E-state index is 14.1. The number of hydrogen-bond acceptors (Lipinski definition) is 5. The van der Waals surface area contributed by atoms with Gasteiger partial charge in [0, 0.05) is 54.7 Å². The lowest BCUT2D eigenvalue weighted by Crippen LogP contribution is -2.20. The second kappa shape index (κ2) is 33.5. The van der Waals surface area contributed by atoms with Crippen molar-refractivity contribution in [2.45, 2.75) is 148 Å². The van der Waals surface area contributed by atoms with Crippen molar-refractivity contribution in [3.05, 3.63) is 316 Å². The zero-order valence-electron chi connectivity index (χ0n) is 65.2. The standard InChI is InChI=1S/C16H10F4.2C15H12F2O.C14H10F2O.C12H10F2.2C11H12F2O/c1-7-5-9-3-4-10-6-8(2)14(18)16(20)12(10)11(9)15(19)13(7)17;2*1-8-3-5-10-11-6-4-9(2)14(17)15(11)18-7-12(10)13(8)16;1-7-3-5-9-10-6-4-8(2)12(16)14(10)17-13(9)11(7)15;1-7-3-4-10-9(5-7)6-11(13)8(2)12(10)14;2*1-6-5-8-4-3-7(2)14-11(8)10(13)9(6)12/h3-6H,1-2H3;2*3-6H,7H2,1-2H3;3-6H,1-2H3;3-6H,1-2H3;2*5,7H,3-4H2,1-2H3. The molecule has 5 nitrogen and oxygen atoms in total. The van der Waals surface area contributed by atoms with E-state index in [1.165, 1.54) is 39.0 Å². The van der Waals surface area contributed by atoms with E-state index in [1.807, 2.05) is 39.0 Å². The minimum atomic E-state index is -1.15. The molecule has 0 spiro atoms. The normalized spacial score (nSPS) is 13.9. The SMILES string of the molecule is Cc1cc2c(c(F)c1F)OC(C)CC2.Cc1cc2c(c(F)c1F)OC(C)CC2.Cc1cc2ccc3cc(C)c(F)c(F)c3c2c(F)c1F.Cc1ccc2c(F)c(C)c(F)cc2c1.Cc1ccc2c(c1F)COc1c-2ccc(C)c1F.Cc1ccc2c(c1F)COc1c-2ccc(C)c1F.Cc1ccc2c(oc3c(F)c(C)ccc32)c1F. The Labute approximate surface area is 653 Å². The lowest BCUT2D eigenvalue weighted by Gasteiger charge is -2.24. The van der Waals surface area contributed by atoms with Crippen molar-refractivity contribution < 1.29 is 93.6 Å². The van der Waals surface area contributed by atoms with Crippen LogP contribution in [0.2, 0.25) is 0 Å². The van der Waals surface area contributed by atoms with Crippen molar-refractivity contribution in [2.75, 3.05) is 0 Å². The summed E-state index contributed by atoms with van der Waals surface area (Å²) in [6.45, 7) is 23.3. The fourth-order valence-electron chi connectivity index (χ4n) is 14.1. The highest BCUT2D eigenvalue weighted by atomic mass is 19.2. The maximum atomic E-state index is 14.1. The van der Waals surface area contributed by atoms with Crippen LogP contribution in [0.4, 0.5) is 70.2 Å². The van der Waals surface area contributed by atoms with E-state index in [-0.39, 0.29) is 110 Å². The van der Waals surface area contributed by atoms with E-state index >= 15 is 0 Å². The van der Waals surface area contributed by atoms with Gasteiger partial charge in [-0.2, -0.15) is 8.78 Å². The average Bonchev–Trinajstić information content (AvgIpc) is 1.75. The van der Waals surface area contributed by atoms with Crippen molar-refractivity contribution in [3.8, 4) is 45.3 Å². The van der Waals surface area contributed by atoms with Crippen LogP contribution in [0, 0.1) is 176 Å². The van der Waals surface area contributed by atoms with E-state index in [9.17, 15) is 70.2 Å². The molecule has 0 saturated carbocycles. The smallest absolute Gasteiger partial charge is 0.201 e. The first kappa shape index (κ1) is 83.0. The molecular weight excluding hydrogens is 1510 g/mol. The predicted octanol–water partition coefficient (Wildman–Crippen LogP) is 27.6. The van der Waals surface area contributed by atoms with Crippen LogP contribution in [0.3, 0.4) is 0 Å². The molecule has 0 amide bonds. The largest absolute Gasteiger partial charge is 0.487 e. The summed E-state index contributed by atoms with van der Waals surface area (Å²) >= 11 is 0. The molecule has 0 radical (unpaired) electrons. The molecule has 2 unspecified atom stereocenters. The number of benzene rings is 13. The molecule has 4 aliphatic rings. The Kier molecular flexibility index (Phi) is 24.2. The van der Waals surface area contributed by atoms with Gasteiger partial charge in [0.25, 0.3) is 0 Å². The molecule has 115 heavy (non-hydrogen) atoms. The Bertz CT molecular complexity index is 5790. The minimum Gasteiger partial charge on any atom is -0.487 e. The van der Waals surface area contributed by atoms with Crippen LogP contribution in [0.1, 0.15) is 116 Å². The summed E-state index contributed by atoms with van der Waals surface area (Å²) in [4.78, 5) is 0. The quantitative estimate of drug-likeness (QED) is 0.112. The topological polar surface area (TPSA) is 50.1 Å². The highest BCUT2D eigenvalue weighted by Crippen LogP contribution is 2.45. The van der Waals surface area contributed by atoms with Crippen LogP contribution in [0.25, 0.3) is 76.5 Å². The maximum Gasteiger partial charge on any atom is 0.201 e. The zero-order valence-corrected chi connectivity index (χ0v) is 65.2. The summed E-state index contributed by atoms with van der Waals surface area (Å²) in [7, 11) is 0. The van der Waals surface area contributed by atoms with Crippen molar-refractivity contribution in [1.82, 2.24) is 0 Å². The van der Waals surface area contributed by atoms with Gasteiger partial charge in [0.05, 0.1) is 12.2 Å². The second-order valence-corrected chi connectivity index (χ2v) is 29.4. The van der Waals surface area contributed by atoms with E-state index < -0.39 is 69.8 Å². The molecule has 1 aromatic heterocycles. The molecule has 0 aliphatic carbocycles. The Hall–Kier alpha value is -11.5. The molecule has 2 atom stereocenters. The monoisotopic (exact) mass is 1590 g/mol. The van der Waals surface area contributed by atoms with Gasteiger partial charge in [-0.1, -0.05) is 109 Å². The number of fused-ring (bicyclic) bond motifs is 15. The summed E-state index contributed by atoms with van der Waals surface area (Å²) in [6, 6.07) is 36.8. The van der Waals surface area contributed by atoms with Gasteiger partial charge in [0.2, 0.25) is 11.6 Å². The van der Waals surface area contributed by atoms with E-state index in [4.69, 9.17) is 23.4 Å². The summed E-state index contributed by atoms with van der Waals surface area (Å²) < 4.78 is 246. The molecule has 0 saturated heterocycles. The molecule has 0 bridgehead atoms.